The monoisotopic (exact) mass is 409 g/mol. The fourth-order valence-electron chi connectivity index (χ4n) is 7.14. The standard InChI is InChI=1S/C25H35N3O2/c1-17-10-21(4-5-22(17)28-8-2-3-9-28)27-23(29)6-7-26-24(30)25-14-18-11-19(15-25)13-20(12-18)16-25/h4-5,10,18-20H,2-3,6-9,11-16H2,1H3,(H,26,30)(H,27,29). The lowest BCUT2D eigenvalue weighted by molar-refractivity contribution is -0.146. The lowest BCUT2D eigenvalue weighted by atomic mass is 9.49. The van der Waals surface area contributed by atoms with Crippen molar-refractivity contribution in [3.8, 4) is 0 Å². The molecule has 1 aromatic rings. The van der Waals surface area contributed by atoms with Gasteiger partial charge in [-0.3, -0.25) is 9.59 Å². The molecule has 2 amide bonds. The SMILES string of the molecule is Cc1cc(NC(=O)CCNC(=O)C23CC4CC(CC(C4)C2)C3)ccc1N1CCCC1. The van der Waals surface area contributed by atoms with Gasteiger partial charge >= 0.3 is 0 Å². The van der Waals surface area contributed by atoms with Crippen molar-refractivity contribution in [2.75, 3.05) is 29.9 Å². The summed E-state index contributed by atoms with van der Waals surface area (Å²) >= 11 is 0. The van der Waals surface area contributed by atoms with E-state index in [1.54, 1.807) is 0 Å². The van der Waals surface area contributed by atoms with E-state index in [4.69, 9.17) is 0 Å². The Bertz CT molecular complexity index is 792. The van der Waals surface area contributed by atoms with Crippen LogP contribution in [0.1, 0.15) is 63.4 Å². The van der Waals surface area contributed by atoms with E-state index in [9.17, 15) is 9.59 Å². The first-order chi connectivity index (χ1) is 14.5. The molecule has 1 heterocycles. The van der Waals surface area contributed by atoms with Gasteiger partial charge < -0.3 is 15.5 Å². The number of nitrogens with one attached hydrogen (secondary N) is 2. The number of carbonyl (C=O) groups is 2. The molecule has 0 spiro atoms. The van der Waals surface area contributed by atoms with Crippen LogP contribution in [0.4, 0.5) is 11.4 Å². The zero-order valence-electron chi connectivity index (χ0n) is 18.2. The van der Waals surface area contributed by atoms with E-state index >= 15 is 0 Å². The zero-order chi connectivity index (χ0) is 20.7. The minimum atomic E-state index is -0.131. The predicted molar refractivity (Wildman–Crippen MR) is 119 cm³/mol. The Labute approximate surface area is 180 Å². The summed E-state index contributed by atoms with van der Waals surface area (Å²) in [6.45, 7) is 4.78. The maximum absolute atomic E-state index is 13.0. The van der Waals surface area contributed by atoms with E-state index in [0.717, 1.165) is 55.8 Å². The highest BCUT2D eigenvalue weighted by molar-refractivity contribution is 5.92. The van der Waals surface area contributed by atoms with E-state index in [1.807, 2.05) is 6.07 Å². The van der Waals surface area contributed by atoms with Gasteiger partial charge in [0.05, 0.1) is 0 Å². The molecule has 4 bridgehead atoms. The van der Waals surface area contributed by atoms with Gasteiger partial charge in [0, 0.05) is 42.8 Å². The Morgan fingerprint density at radius 2 is 1.67 bits per heavy atom. The van der Waals surface area contributed by atoms with Crippen molar-refractivity contribution in [2.24, 2.45) is 23.2 Å². The third-order valence-corrected chi connectivity index (χ3v) is 8.08. The summed E-state index contributed by atoms with van der Waals surface area (Å²) in [5.74, 6) is 2.46. The fourth-order valence-corrected chi connectivity index (χ4v) is 7.14. The van der Waals surface area contributed by atoms with Crippen LogP contribution in [0.5, 0.6) is 0 Å². The Balaban J connectivity index is 1.11. The number of aryl methyl sites for hydroxylation is 1. The minimum absolute atomic E-state index is 0.0332. The van der Waals surface area contributed by atoms with Crippen molar-refractivity contribution in [1.29, 1.82) is 0 Å². The minimum Gasteiger partial charge on any atom is -0.371 e. The molecule has 1 aromatic carbocycles. The predicted octanol–water partition coefficient (Wildman–Crippen LogP) is 4.26. The summed E-state index contributed by atoms with van der Waals surface area (Å²) in [5, 5.41) is 6.11. The molecular weight excluding hydrogens is 374 g/mol. The van der Waals surface area contributed by atoms with Crippen molar-refractivity contribution in [3.63, 3.8) is 0 Å². The quantitative estimate of drug-likeness (QED) is 0.738. The molecule has 1 saturated heterocycles. The number of rotatable bonds is 6. The van der Waals surface area contributed by atoms with Gasteiger partial charge in [0.25, 0.3) is 0 Å². The van der Waals surface area contributed by atoms with Crippen LogP contribution in [0.2, 0.25) is 0 Å². The van der Waals surface area contributed by atoms with Crippen molar-refractivity contribution in [3.05, 3.63) is 23.8 Å². The summed E-state index contributed by atoms with van der Waals surface area (Å²) in [7, 11) is 0. The van der Waals surface area contributed by atoms with Crippen LogP contribution in [0.3, 0.4) is 0 Å². The lowest BCUT2D eigenvalue weighted by Crippen LogP contribution is -2.53. The number of hydrogen-bond acceptors (Lipinski definition) is 3. The van der Waals surface area contributed by atoms with E-state index < -0.39 is 0 Å². The van der Waals surface area contributed by atoms with Crippen LogP contribution in [0.25, 0.3) is 0 Å². The molecule has 5 fully saturated rings. The van der Waals surface area contributed by atoms with Gasteiger partial charge in [-0.25, -0.2) is 0 Å². The molecule has 0 aromatic heterocycles. The largest absolute Gasteiger partial charge is 0.371 e. The van der Waals surface area contributed by atoms with Gasteiger partial charge in [0.15, 0.2) is 0 Å². The molecule has 5 heteroatoms. The summed E-state index contributed by atoms with van der Waals surface area (Å²) in [5.41, 5.74) is 3.18. The van der Waals surface area contributed by atoms with Crippen LogP contribution >= 0.6 is 0 Å². The Morgan fingerprint density at radius 1 is 1.03 bits per heavy atom. The van der Waals surface area contributed by atoms with Crippen LogP contribution in [-0.2, 0) is 9.59 Å². The van der Waals surface area contributed by atoms with Crippen molar-refractivity contribution >= 4 is 23.2 Å². The molecule has 0 atom stereocenters. The van der Waals surface area contributed by atoms with Crippen molar-refractivity contribution < 1.29 is 9.59 Å². The van der Waals surface area contributed by atoms with E-state index in [0.29, 0.717) is 13.0 Å². The molecular formula is C25H35N3O2. The Kier molecular flexibility index (Phi) is 5.24. The second-order valence-electron chi connectivity index (χ2n) is 10.4. The van der Waals surface area contributed by atoms with Crippen molar-refractivity contribution in [1.82, 2.24) is 5.32 Å². The molecule has 1 aliphatic heterocycles. The first-order valence-electron chi connectivity index (χ1n) is 11.9. The molecule has 0 unspecified atom stereocenters. The third kappa shape index (κ3) is 3.83. The maximum atomic E-state index is 13.0. The summed E-state index contributed by atoms with van der Waals surface area (Å²) in [4.78, 5) is 27.8. The lowest BCUT2D eigenvalue weighted by Gasteiger charge is -2.55. The maximum Gasteiger partial charge on any atom is 0.226 e. The second kappa shape index (κ2) is 7.90. The summed E-state index contributed by atoms with van der Waals surface area (Å²) in [6, 6.07) is 6.16. The Hall–Kier alpha value is -2.04. The number of amides is 2. The van der Waals surface area contributed by atoms with Gasteiger partial charge in [0.1, 0.15) is 0 Å². The number of anilines is 2. The highest BCUT2D eigenvalue weighted by Gasteiger charge is 2.54. The summed E-state index contributed by atoms with van der Waals surface area (Å²) in [6.07, 6.45) is 10.1. The topological polar surface area (TPSA) is 61.4 Å². The molecule has 2 N–H and O–H groups in total. The highest BCUT2D eigenvalue weighted by Crippen LogP contribution is 2.60. The molecule has 162 valence electrons. The highest BCUT2D eigenvalue weighted by atomic mass is 16.2. The molecule has 0 radical (unpaired) electrons. The van der Waals surface area contributed by atoms with Gasteiger partial charge in [-0.15, -0.1) is 0 Å². The van der Waals surface area contributed by atoms with Crippen LogP contribution in [-0.4, -0.2) is 31.4 Å². The summed E-state index contributed by atoms with van der Waals surface area (Å²) < 4.78 is 0. The van der Waals surface area contributed by atoms with Crippen LogP contribution < -0.4 is 15.5 Å². The number of carbonyl (C=O) groups excluding carboxylic acids is 2. The number of hydrogen-bond donors (Lipinski definition) is 2. The smallest absolute Gasteiger partial charge is 0.226 e. The average Bonchev–Trinajstić information content (AvgIpc) is 3.21. The van der Waals surface area contributed by atoms with Crippen LogP contribution in [0.15, 0.2) is 18.2 Å². The van der Waals surface area contributed by atoms with Gasteiger partial charge in [-0.05, 0) is 99.8 Å². The van der Waals surface area contributed by atoms with Crippen LogP contribution in [0, 0.1) is 30.1 Å². The van der Waals surface area contributed by atoms with Gasteiger partial charge in [-0.2, -0.15) is 0 Å². The molecule has 6 rings (SSSR count). The van der Waals surface area contributed by atoms with E-state index in [2.05, 4.69) is 34.6 Å². The second-order valence-corrected chi connectivity index (χ2v) is 10.4. The molecule has 5 nitrogen and oxygen atoms in total. The molecule has 4 aliphatic carbocycles. The van der Waals surface area contributed by atoms with E-state index in [1.165, 1.54) is 43.4 Å². The number of benzene rings is 1. The van der Waals surface area contributed by atoms with Crippen molar-refractivity contribution in [2.45, 2.75) is 64.7 Å². The Morgan fingerprint density at radius 3 is 2.27 bits per heavy atom. The first kappa shape index (κ1) is 19.9. The first-order valence-corrected chi connectivity index (χ1v) is 11.9. The third-order valence-electron chi connectivity index (χ3n) is 8.08. The molecule has 4 saturated carbocycles. The zero-order valence-corrected chi connectivity index (χ0v) is 18.2. The molecule has 30 heavy (non-hydrogen) atoms. The van der Waals surface area contributed by atoms with Gasteiger partial charge in [0.2, 0.25) is 11.8 Å². The van der Waals surface area contributed by atoms with Gasteiger partial charge in [-0.1, -0.05) is 0 Å². The number of nitrogens with zero attached hydrogens (tertiary/aromatic N) is 1. The molecule has 5 aliphatic rings. The van der Waals surface area contributed by atoms with E-state index in [-0.39, 0.29) is 17.2 Å². The fraction of sp³-hybridized carbons (Fsp3) is 0.680. The average molecular weight is 410 g/mol. The normalized spacial score (nSPS) is 31.8.